The van der Waals surface area contributed by atoms with E-state index in [9.17, 15) is 14.4 Å². The minimum Gasteiger partial charge on any atom is -0.349 e. The van der Waals surface area contributed by atoms with Gasteiger partial charge in [-0.2, -0.15) is 4.68 Å². The summed E-state index contributed by atoms with van der Waals surface area (Å²) in [6.07, 6.45) is 0.225. The molecular weight excluding hydrogens is 386 g/mol. The maximum atomic E-state index is 12.4. The van der Waals surface area contributed by atoms with E-state index in [-0.39, 0.29) is 37.1 Å². The Morgan fingerprint density at radius 1 is 1.07 bits per heavy atom. The molecule has 30 heavy (non-hydrogen) atoms. The second kappa shape index (κ2) is 8.52. The number of fused-ring (bicyclic) bond motifs is 1. The van der Waals surface area contributed by atoms with E-state index in [1.54, 1.807) is 24.3 Å². The molecule has 2 heterocycles. The van der Waals surface area contributed by atoms with E-state index < -0.39 is 6.04 Å². The summed E-state index contributed by atoms with van der Waals surface area (Å²) in [5.41, 5.74) is 1.63. The Kier molecular flexibility index (Phi) is 5.46. The summed E-state index contributed by atoms with van der Waals surface area (Å²) >= 11 is 0. The molecule has 2 aromatic carbocycles. The van der Waals surface area contributed by atoms with Crippen molar-refractivity contribution in [1.82, 2.24) is 30.8 Å². The summed E-state index contributed by atoms with van der Waals surface area (Å²) in [5.74, 6) is -0.502. The highest BCUT2D eigenvalue weighted by atomic mass is 16.2. The first-order valence-corrected chi connectivity index (χ1v) is 9.42. The minimum absolute atomic E-state index is 0.0572. The summed E-state index contributed by atoms with van der Waals surface area (Å²) in [4.78, 5) is 37.0. The van der Waals surface area contributed by atoms with Gasteiger partial charge in [0.25, 0.3) is 5.91 Å². The smallest absolute Gasteiger partial charge is 0.254 e. The van der Waals surface area contributed by atoms with Crippen LogP contribution in [-0.2, 0) is 16.1 Å². The van der Waals surface area contributed by atoms with Crippen molar-refractivity contribution in [2.45, 2.75) is 25.4 Å². The van der Waals surface area contributed by atoms with Crippen molar-refractivity contribution in [3.05, 3.63) is 66.0 Å². The van der Waals surface area contributed by atoms with Gasteiger partial charge in [-0.1, -0.05) is 30.3 Å². The van der Waals surface area contributed by atoms with E-state index in [2.05, 4.69) is 31.5 Å². The lowest BCUT2D eigenvalue weighted by molar-refractivity contribution is -0.122. The van der Waals surface area contributed by atoms with Crippen LogP contribution < -0.4 is 16.0 Å². The summed E-state index contributed by atoms with van der Waals surface area (Å²) in [5, 5.41) is 19.7. The van der Waals surface area contributed by atoms with Gasteiger partial charge in [-0.15, -0.1) is 5.10 Å². The molecule has 0 bridgehead atoms. The Labute approximate surface area is 171 Å². The van der Waals surface area contributed by atoms with Crippen LogP contribution >= 0.6 is 0 Å². The third-order valence-corrected chi connectivity index (χ3v) is 4.69. The Balaban J connectivity index is 1.32. The SMILES string of the molecule is O=C(CC[C@H]1NC(=O)c2ccccc2NC1=O)NCc1nnnn1-c1ccccc1. The summed E-state index contributed by atoms with van der Waals surface area (Å²) in [6, 6.07) is 15.3. The van der Waals surface area contributed by atoms with Crippen LogP contribution in [0.25, 0.3) is 5.69 Å². The molecule has 4 rings (SSSR count). The molecule has 0 radical (unpaired) electrons. The number of hydrogen-bond donors (Lipinski definition) is 3. The van der Waals surface area contributed by atoms with E-state index in [0.29, 0.717) is 17.1 Å². The van der Waals surface area contributed by atoms with Crippen molar-refractivity contribution in [2.24, 2.45) is 0 Å². The van der Waals surface area contributed by atoms with Crippen LogP contribution in [0, 0.1) is 0 Å². The molecular formula is C20H19N7O3. The number of anilines is 1. The van der Waals surface area contributed by atoms with Crippen LogP contribution in [0.1, 0.15) is 29.0 Å². The first-order valence-electron chi connectivity index (χ1n) is 9.42. The number of nitrogens with one attached hydrogen (secondary N) is 3. The minimum atomic E-state index is -0.801. The van der Waals surface area contributed by atoms with Crippen LogP contribution in [-0.4, -0.2) is 44.0 Å². The lowest BCUT2D eigenvalue weighted by Gasteiger charge is -2.14. The van der Waals surface area contributed by atoms with Gasteiger partial charge < -0.3 is 16.0 Å². The Morgan fingerprint density at radius 2 is 1.83 bits per heavy atom. The van der Waals surface area contributed by atoms with Crippen LogP contribution in [0.15, 0.2) is 54.6 Å². The molecule has 152 valence electrons. The molecule has 3 amide bonds. The van der Waals surface area contributed by atoms with Gasteiger partial charge in [-0.3, -0.25) is 14.4 Å². The Bertz CT molecular complexity index is 1080. The van der Waals surface area contributed by atoms with E-state index in [1.807, 2.05) is 30.3 Å². The lowest BCUT2D eigenvalue weighted by atomic mass is 10.1. The molecule has 0 aliphatic carbocycles. The van der Waals surface area contributed by atoms with Gasteiger partial charge in [-0.05, 0) is 41.1 Å². The average molecular weight is 405 g/mol. The fourth-order valence-electron chi connectivity index (χ4n) is 3.14. The first kappa shape index (κ1) is 19.2. The maximum absolute atomic E-state index is 12.4. The van der Waals surface area contributed by atoms with Gasteiger partial charge in [0.2, 0.25) is 11.8 Å². The fourth-order valence-corrected chi connectivity index (χ4v) is 3.14. The number of carbonyl (C=O) groups is 3. The number of amides is 3. The topological polar surface area (TPSA) is 131 Å². The standard InChI is InChI=1S/C20H19N7O3/c28-18(21-12-17-24-25-26-27(17)13-6-2-1-3-7-13)11-10-16-20(30)22-15-9-5-4-8-14(15)19(29)23-16/h1-9,16H,10-12H2,(H,21,28)(H,22,30)(H,23,29)/t16-/m1/s1. The van der Waals surface area contributed by atoms with Gasteiger partial charge in [0.05, 0.1) is 23.5 Å². The van der Waals surface area contributed by atoms with Crippen LogP contribution in [0.3, 0.4) is 0 Å². The number of aromatic nitrogens is 4. The molecule has 3 aromatic rings. The summed E-state index contributed by atoms with van der Waals surface area (Å²) < 4.78 is 1.54. The highest BCUT2D eigenvalue weighted by Gasteiger charge is 2.27. The highest BCUT2D eigenvalue weighted by Crippen LogP contribution is 2.19. The van der Waals surface area contributed by atoms with E-state index in [0.717, 1.165) is 5.69 Å². The molecule has 10 heteroatoms. The molecule has 1 atom stereocenters. The predicted octanol–water partition coefficient (Wildman–Crippen LogP) is 0.809. The maximum Gasteiger partial charge on any atom is 0.254 e. The molecule has 0 unspecified atom stereocenters. The average Bonchev–Trinajstić information content (AvgIpc) is 3.20. The summed E-state index contributed by atoms with van der Waals surface area (Å²) in [7, 11) is 0. The fraction of sp³-hybridized carbons (Fsp3) is 0.200. The number of para-hydroxylation sites is 2. The molecule has 0 spiro atoms. The van der Waals surface area contributed by atoms with Crippen molar-refractivity contribution in [3.8, 4) is 5.69 Å². The number of rotatable bonds is 6. The molecule has 10 nitrogen and oxygen atoms in total. The molecule has 0 saturated carbocycles. The zero-order valence-corrected chi connectivity index (χ0v) is 15.9. The number of tetrazole rings is 1. The second-order valence-corrected chi connectivity index (χ2v) is 6.72. The van der Waals surface area contributed by atoms with Gasteiger partial charge in [0.15, 0.2) is 5.82 Å². The normalized spacial score (nSPS) is 15.5. The van der Waals surface area contributed by atoms with E-state index >= 15 is 0 Å². The molecule has 3 N–H and O–H groups in total. The van der Waals surface area contributed by atoms with Gasteiger partial charge in [-0.25, -0.2) is 0 Å². The molecule has 0 fully saturated rings. The first-order chi connectivity index (χ1) is 14.6. The van der Waals surface area contributed by atoms with Crippen LogP contribution in [0.4, 0.5) is 5.69 Å². The number of benzene rings is 2. The van der Waals surface area contributed by atoms with Crippen molar-refractivity contribution in [3.63, 3.8) is 0 Å². The van der Waals surface area contributed by atoms with Crippen molar-refractivity contribution < 1.29 is 14.4 Å². The lowest BCUT2D eigenvalue weighted by Crippen LogP contribution is -2.42. The van der Waals surface area contributed by atoms with Crippen molar-refractivity contribution in [2.75, 3.05) is 5.32 Å². The number of carbonyl (C=O) groups excluding carboxylic acids is 3. The van der Waals surface area contributed by atoms with Crippen molar-refractivity contribution in [1.29, 1.82) is 0 Å². The zero-order chi connectivity index (χ0) is 20.9. The number of nitrogens with zero attached hydrogens (tertiary/aromatic N) is 4. The highest BCUT2D eigenvalue weighted by molar-refractivity contribution is 6.09. The Hall–Kier alpha value is -4.08. The van der Waals surface area contributed by atoms with Crippen LogP contribution in [0.2, 0.25) is 0 Å². The molecule has 1 aromatic heterocycles. The molecule has 1 aliphatic rings. The largest absolute Gasteiger partial charge is 0.349 e. The van der Waals surface area contributed by atoms with Gasteiger partial charge in [0.1, 0.15) is 6.04 Å². The molecule has 1 aliphatic heterocycles. The second-order valence-electron chi connectivity index (χ2n) is 6.72. The van der Waals surface area contributed by atoms with Crippen molar-refractivity contribution >= 4 is 23.4 Å². The third-order valence-electron chi connectivity index (χ3n) is 4.69. The Morgan fingerprint density at radius 3 is 2.67 bits per heavy atom. The van der Waals surface area contributed by atoms with Gasteiger partial charge in [0, 0.05) is 6.42 Å². The monoisotopic (exact) mass is 405 g/mol. The third kappa shape index (κ3) is 4.17. The number of hydrogen-bond acceptors (Lipinski definition) is 6. The van der Waals surface area contributed by atoms with Crippen LogP contribution in [0.5, 0.6) is 0 Å². The van der Waals surface area contributed by atoms with E-state index in [1.165, 1.54) is 4.68 Å². The molecule has 0 saturated heterocycles. The van der Waals surface area contributed by atoms with Gasteiger partial charge >= 0.3 is 0 Å². The summed E-state index contributed by atoms with van der Waals surface area (Å²) in [6.45, 7) is 0.134. The van der Waals surface area contributed by atoms with E-state index in [4.69, 9.17) is 0 Å². The quantitative estimate of drug-likeness (QED) is 0.556. The predicted molar refractivity (Wildman–Crippen MR) is 107 cm³/mol. The zero-order valence-electron chi connectivity index (χ0n) is 15.9.